The van der Waals surface area contributed by atoms with Crippen molar-refractivity contribution in [2.75, 3.05) is 20.2 Å². The van der Waals surface area contributed by atoms with Crippen molar-refractivity contribution in [2.24, 2.45) is 5.41 Å². The molecule has 1 aliphatic carbocycles. The molecule has 1 fully saturated rings. The molecule has 0 aromatic rings. The Morgan fingerprint density at radius 1 is 1.27 bits per heavy atom. The molecule has 1 rings (SSSR count). The summed E-state index contributed by atoms with van der Waals surface area (Å²) in [6.45, 7) is 5.70. The second kappa shape index (κ2) is 5.86. The zero-order chi connectivity index (χ0) is 11.3. The van der Waals surface area contributed by atoms with Gasteiger partial charge < -0.3 is 10.0 Å². The first-order chi connectivity index (χ1) is 7.11. The molecule has 1 unspecified atom stereocenters. The lowest BCUT2D eigenvalue weighted by Gasteiger charge is -2.37. The molecule has 0 saturated heterocycles. The number of hydrogen-bond donors (Lipinski definition) is 1. The van der Waals surface area contributed by atoms with Crippen LogP contribution in [0.15, 0.2) is 0 Å². The van der Waals surface area contributed by atoms with E-state index in [9.17, 15) is 5.11 Å². The Bertz CT molecular complexity index is 171. The van der Waals surface area contributed by atoms with Crippen LogP contribution in [0.3, 0.4) is 0 Å². The lowest BCUT2D eigenvalue weighted by atomic mass is 9.86. The van der Waals surface area contributed by atoms with Gasteiger partial charge >= 0.3 is 0 Å². The van der Waals surface area contributed by atoms with Gasteiger partial charge in [0.05, 0.1) is 0 Å². The summed E-state index contributed by atoms with van der Waals surface area (Å²) in [7, 11) is 2.22. The Labute approximate surface area is 94.7 Å². The average Bonchev–Trinajstić information content (AvgIpc) is 2.30. The highest BCUT2D eigenvalue weighted by Gasteiger charge is 2.26. The molecule has 0 amide bonds. The van der Waals surface area contributed by atoms with Crippen LogP contribution in [0.1, 0.15) is 52.4 Å². The summed E-state index contributed by atoms with van der Waals surface area (Å²) >= 11 is 0. The normalized spacial score (nSPS) is 23.0. The van der Waals surface area contributed by atoms with Crippen LogP contribution in [0.2, 0.25) is 0 Å². The van der Waals surface area contributed by atoms with Crippen LogP contribution in [0, 0.1) is 5.41 Å². The van der Waals surface area contributed by atoms with Crippen molar-refractivity contribution in [1.82, 2.24) is 4.90 Å². The third-order valence-corrected chi connectivity index (χ3v) is 4.06. The Balaban J connectivity index is 2.41. The summed E-state index contributed by atoms with van der Waals surface area (Å²) in [6, 6.07) is 0.760. The Morgan fingerprint density at radius 2 is 1.87 bits per heavy atom. The first-order valence-electron chi connectivity index (χ1n) is 6.42. The zero-order valence-corrected chi connectivity index (χ0v) is 10.6. The number of rotatable bonds is 5. The summed E-state index contributed by atoms with van der Waals surface area (Å²) in [5.74, 6) is 0. The molecule has 0 bridgehead atoms. The Morgan fingerprint density at radius 3 is 2.33 bits per heavy atom. The minimum atomic E-state index is 0.0895. The molecule has 15 heavy (non-hydrogen) atoms. The fraction of sp³-hybridized carbons (Fsp3) is 1.00. The van der Waals surface area contributed by atoms with Gasteiger partial charge in [0, 0.05) is 24.6 Å². The molecular weight excluding hydrogens is 186 g/mol. The van der Waals surface area contributed by atoms with Crippen molar-refractivity contribution >= 4 is 0 Å². The van der Waals surface area contributed by atoms with Gasteiger partial charge in [-0.15, -0.1) is 0 Å². The van der Waals surface area contributed by atoms with Crippen LogP contribution < -0.4 is 0 Å². The average molecular weight is 213 g/mol. The second-order valence-corrected chi connectivity index (χ2v) is 5.53. The SMILES string of the molecule is CCC(C)(CO)CN(C)C1CCCCC1. The number of aliphatic hydroxyl groups is 1. The van der Waals surface area contributed by atoms with E-state index in [-0.39, 0.29) is 5.41 Å². The molecule has 0 aromatic heterocycles. The van der Waals surface area contributed by atoms with Crippen molar-refractivity contribution < 1.29 is 5.11 Å². The summed E-state index contributed by atoms with van der Waals surface area (Å²) in [5.41, 5.74) is 0.0895. The van der Waals surface area contributed by atoms with Gasteiger partial charge in [-0.2, -0.15) is 0 Å². The van der Waals surface area contributed by atoms with Gasteiger partial charge in [-0.3, -0.25) is 0 Å². The van der Waals surface area contributed by atoms with Crippen molar-refractivity contribution in [2.45, 2.75) is 58.4 Å². The standard InChI is InChI=1S/C13H27NO/c1-4-13(2,11-15)10-14(3)12-8-6-5-7-9-12/h12,15H,4-11H2,1-3H3. The highest BCUT2D eigenvalue weighted by Crippen LogP contribution is 2.26. The fourth-order valence-electron chi connectivity index (χ4n) is 2.53. The molecule has 1 atom stereocenters. The van der Waals surface area contributed by atoms with Crippen LogP contribution in [0.4, 0.5) is 0 Å². The molecule has 0 heterocycles. The van der Waals surface area contributed by atoms with Crippen LogP contribution in [0.5, 0.6) is 0 Å². The highest BCUT2D eigenvalue weighted by molar-refractivity contribution is 4.80. The summed E-state index contributed by atoms with van der Waals surface area (Å²) < 4.78 is 0. The molecular formula is C13H27NO. The van der Waals surface area contributed by atoms with E-state index in [1.54, 1.807) is 0 Å². The lowest BCUT2D eigenvalue weighted by Crippen LogP contribution is -2.42. The van der Waals surface area contributed by atoms with Gasteiger partial charge in [0.25, 0.3) is 0 Å². The number of hydrogen-bond acceptors (Lipinski definition) is 2. The maximum absolute atomic E-state index is 9.41. The van der Waals surface area contributed by atoms with Gasteiger partial charge in [0.2, 0.25) is 0 Å². The molecule has 0 aliphatic heterocycles. The van der Waals surface area contributed by atoms with Crippen molar-refractivity contribution in [3.63, 3.8) is 0 Å². The van der Waals surface area contributed by atoms with Crippen molar-refractivity contribution in [3.8, 4) is 0 Å². The van der Waals surface area contributed by atoms with Crippen molar-refractivity contribution in [3.05, 3.63) is 0 Å². The molecule has 90 valence electrons. The van der Waals surface area contributed by atoms with Crippen LogP contribution in [-0.2, 0) is 0 Å². The summed E-state index contributed by atoms with van der Waals surface area (Å²) in [6.07, 6.45) is 7.94. The minimum absolute atomic E-state index is 0.0895. The maximum Gasteiger partial charge on any atom is 0.0496 e. The largest absolute Gasteiger partial charge is 0.396 e. The first kappa shape index (κ1) is 13.0. The Hall–Kier alpha value is -0.0800. The lowest BCUT2D eigenvalue weighted by molar-refractivity contribution is 0.0679. The monoisotopic (exact) mass is 213 g/mol. The van der Waals surface area contributed by atoms with Gasteiger partial charge in [-0.25, -0.2) is 0 Å². The predicted molar refractivity (Wildman–Crippen MR) is 65.0 cm³/mol. The quantitative estimate of drug-likeness (QED) is 0.759. The van der Waals surface area contributed by atoms with Gasteiger partial charge in [-0.05, 0) is 26.3 Å². The Kier molecular flexibility index (Phi) is 5.07. The highest BCUT2D eigenvalue weighted by atomic mass is 16.3. The van der Waals surface area contributed by atoms with E-state index in [0.29, 0.717) is 6.61 Å². The molecule has 2 heteroatoms. The van der Waals surface area contributed by atoms with Crippen LogP contribution >= 0.6 is 0 Å². The third kappa shape index (κ3) is 3.76. The fourth-order valence-corrected chi connectivity index (χ4v) is 2.53. The van der Waals surface area contributed by atoms with Crippen molar-refractivity contribution in [1.29, 1.82) is 0 Å². The molecule has 1 N–H and O–H groups in total. The number of nitrogens with zero attached hydrogens (tertiary/aromatic N) is 1. The first-order valence-corrected chi connectivity index (χ1v) is 6.42. The molecule has 2 nitrogen and oxygen atoms in total. The van der Waals surface area contributed by atoms with E-state index in [2.05, 4.69) is 25.8 Å². The van der Waals surface area contributed by atoms with E-state index in [1.165, 1.54) is 32.1 Å². The molecule has 1 saturated carbocycles. The maximum atomic E-state index is 9.41. The van der Waals surface area contributed by atoms with Gasteiger partial charge in [0.1, 0.15) is 0 Å². The topological polar surface area (TPSA) is 23.5 Å². The van der Waals surface area contributed by atoms with E-state index in [4.69, 9.17) is 0 Å². The van der Waals surface area contributed by atoms with E-state index >= 15 is 0 Å². The second-order valence-electron chi connectivity index (χ2n) is 5.53. The molecule has 1 aliphatic rings. The predicted octanol–water partition coefficient (Wildman–Crippen LogP) is 2.66. The third-order valence-electron chi connectivity index (χ3n) is 4.06. The smallest absolute Gasteiger partial charge is 0.0496 e. The zero-order valence-electron chi connectivity index (χ0n) is 10.6. The summed E-state index contributed by atoms with van der Waals surface area (Å²) in [4.78, 5) is 2.47. The van der Waals surface area contributed by atoms with Gasteiger partial charge in [0.15, 0.2) is 0 Å². The van der Waals surface area contributed by atoms with E-state index < -0.39 is 0 Å². The summed E-state index contributed by atoms with van der Waals surface area (Å²) in [5, 5.41) is 9.41. The van der Waals surface area contributed by atoms with Crippen LogP contribution in [0.25, 0.3) is 0 Å². The number of aliphatic hydroxyl groups excluding tert-OH is 1. The molecule has 0 spiro atoms. The van der Waals surface area contributed by atoms with Gasteiger partial charge in [-0.1, -0.05) is 33.1 Å². The van der Waals surface area contributed by atoms with E-state index in [0.717, 1.165) is 19.0 Å². The van der Waals surface area contributed by atoms with Crippen LogP contribution in [-0.4, -0.2) is 36.2 Å². The molecule has 0 radical (unpaired) electrons. The van der Waals surface area contributed by atoms with E-state index in [1.807, 2.05) is 0 Å². The minimum Gasteiger partial charge on any atom is -0.396 e. The molecule has 0 aromatic carbocycles.